The molecule has 0 N–H and O–H groups in total. The lowest BCUT2D eigenvalue weighted by molar-refractivity contribution is 0.643. The lowest BCUT2D eigenvalue weighted by Gasteiger charge is -2.08. The Morgan fingerprint density at radius 1 is 0.839 bits per heavy atom. The van der Waals surface area contributed by atoms with E-state index in [2.05, 4.69) is 11.2 Å². The van der Waals surface area contributed by atoms with Crippen molar-refractivity contribution in [3.8, 4) is 28.6 Å². The van der Waals surface area contributed by atoms with Gasteiger partial charge in [0, 0.05) is 17.8 Å². The molecule has 6 heteroatoms. The summed E-state index contributed by atoms with van der Waals surface area (Å²) in [6.07, 6.45) is 1.90. The summed E-state index contributed by atoms with van der Waals surface area (Å²) in [6, 6.07) is 28.4. The van der Waals surface area contributed by atoms with Gasteiger partial charge in [-0.1, -0.05) is 48.5 Å². The summed E-state index contributed by atoms with van der Waals surface area (Å²) in [5.74, 6) is 0. The molecule has 5 rings (SSSR count). The van der Waals surface area contributed by atoms with Crippen molar-refractivity contribution in [2.24, 2.45) is 0 Å². The maximum Gasteiger partial charge on any atom is 0.267 e. The van der Waals surface area contributed by atoms with Gasteiger partial charge < -0.3 is 0 Å². The summed E-state index contributed by atoms with van der Waals surface area (Å²) in [5, 5.41) is 18.4. The van der Waals surface area contributed by atoms with Gasteiger partial charge in [0.05, 0.1) is 35.0 Å². The minimum atomic E-state index is -0.189. The average molecular weight is 403 g/mol. The Hall–Kier alpha value is -4.50. The van der Waals surface area contributed by atoms with Crippen molar-refractivity contribution < 1.29 is 0 Å². The smallest absolute Gasteiger partial charge is 0.267 e. The molecule has 31 heavy (non-hydrogen) atoms. The van der Waals surface area contributed by atoms with Crippen molar-refractivity contribution in [2.75, 3.05) is 0 Å². The lowest BCUT2D eigenvalue weighted by atomic mass is 10.0. The molecule has 3 aromatic heterocycles. The first kappa shape index (κ1) is 18.5. The minimum absolute atomic E-state index is 0.189. The molecule has 0 bridgehead atoms. The zero-order valence-corrected chi connectivity index (χ0v) is 16.5. The van der Waals surface area contributed by atoms with Crippen molar-refractivity contribution in [3.63, 3.8) is 0 Å². The van der Waals surface area contributed by atoms with Crippen LogP contribution in [0.3, 0.4) is 0 Å². The maximum absolute atomic E-state index is 12.5. The molecule has 2 aromatic carbocycles. The van der Waals surface area contributed by atoms with Gasteiger partial charge in [0.15, 0.2) is 0 Å². The molecule has 0 unspecified atom stereocenters. The highest BCUT2D eigenvalue weighted by molar-refractivity contribution is 5.90. The Bertz CT molecular complexity index is 1470. The van der Waals surface area contributed by atoms with E-state index in [1.165, 1.54) is 10.7 Å². The van der Waals surface area contributed by atoms with Crippen molar-refractivity contribution in [1.82, 2.24) is 19.4 Å². The molecule has 0 aliphatic carbocycles. The molecule has 0 radical (unpaired) electrons. The van der Waals surface area contributed by atoms with Crippen LogP contribution in [0.1, 0.15) is 11.1 Å². The van der Waals surface area contributed by atoms with Gasteiger partial charge in [-0.2, -0.15) is 15.5 Å². The maximum atomic E-state index is 12.5. The Labute approximate surface area is 178 Å². The Morgan fingerprint density at radius 3 is 2.39 bits per heavy atom. The normalized spacial score (nSPS) is 10.8. The fraction of sp³-hybridized carbons (Fsp3) is 0.0400. The third-order valence-corrected chi connectivity index (χ3v) is 5.13. The zero-order chi connectivity index (χ0) is 21.2. The molecule has 0 aliphatic heterocycles. The van der Waals surface area contributed by atoms with E-state index in [0.29, 0.717) is 17.8 Å². The fourth-order valence-electron chi connectivity index (χ4n) is 3.60. The molecule has 0 spiro atoms. The highest BCUT2D eigenvalue weighted by atomic mass is 16.1. The van der Waals surface area contributed by atoms with Crippen molar-refractivity contribution in [1.29, 1.82) is 5.26 Å². The average Bonchev–Trinajstić information content (AvgIpc) is 3.21. The highest BCUT2D eigenvalue weighted by Gasteiger charge is 2.18. The van der Waals surface area contributed by atoms with Crippen LogP contribution in [-0.2, 0) is 6.54 Å². The van der Waals surface area contributed by atoms with E-state index in [1.54, 1.807) is 18.2 Å². The summed E-state index contributed by atoms with van der Waals surface area (Å²) in [5.41, 5.74) is 5.54. The minimum Gasteiger partial charge on any atom is -0.268 e. The largest absolute Gasteiger partial charge is 0.268 e. The van der Waals surface area contributed by atoms with Gasteiger partial charge >= 0.3 is 0 Å². The second-order valence-corrected chi connectivity index (χ2v) is 7.14. The predicted molar refractivity (Wildman–Crippen MR) is 118 cm³/mol. The predicted octanol–water partition coefficient (Wildman–Crippen LogP) is 4.14. The van der Waals surface area contributed by atoms with Crippen LogP contribution in [-0.4, -0.2) is 19.4 Å². The van der Waals surface area contributed by atoms with Crippen molar-refractivity contribution in [3.05, 3.63) is 113 Å². The molecular formula is C25H17N5O. The number of benzene rings is 2. The first-order valence-electron chi connectivity index (χ1n) is 9.83. The van der Waals surface area contributed by atoms with Gasteiger partial charge in [-0.15, -0.1) is 0 Å². The van der Waals surface area contributed by atoms with Crippen LogP contribution < -0.4 is 5.56 Å². The van der Waals surface area contributed by atoms with Gasteiger partial charge in [-0.25, -0.2) is 9.20 Å². The summed E-state index contributed by atoms with van der Waals surface area (Å²) < 4.78 is 3.27. The monoisotopic (exact) mass is 403 g/mol. The van der Waals surface area contributed by atoms with E-state index in [1.807, 2.05) is 71.4 Å². The number of nitrogens with zero attached hydrogens (tertiary/aromatic N) is 5. The molecule has 6 nitrogen and oxygen atoms in total. The Balaban J connectivity index is 1.65. The highest BCUT2D eigenvalue weighted by Crippen LogP contribution is 2.33. The Morgan fingerprint density at radius 2 is 1.61 bits per heavy atom. The molecule has 0 saturated carbocycles. The molecule has 0 aliphatic rings. The molecule has 0 saturated heterocycles. The number of rotatable bonds is 4. The van der Waals surface area contributed by atoms with Crippen LogP contribution in [0.25, 0.3) is 28.0 Å². The van der Waals surface area contributed by atoms with Gasteiger partial charge in [-0.3, -0.25) is 4.79 Å². The van der Waals surface area contributed by atoms with E-state index >= 15 is 0 Å². The van der Waals surface area contributed by atoms with Gasteiger partial charge in [0.2, 0.25) is 0 Å². The van der Waals surface area contributed by atoms with Crippen LogP contribution in [0, 0.1) is 11.3 Å². The van der Waals surface area contributed by atoms with Crippen LogP contribution >= 0.6 is 0 Å². The topological polar surface area (TPSA) is 76.0 Å². The summed E-state index contributed by atoms with van der Waals surface area (Å²) in [6.45, 7) is 0.318. The Kier molecular flexibility index (Phi) is 4.62. The third-order valence-electron chi connectivity index (χ3n) is 5.13. The van der Waals surface area contributed by atoms with E-state index in [-0.39, 0.29) is 5.56 Å². The standard InChI is InChI=1S/C25H17N5O/c26-16-18-9-11-19(12-10-18)17-30-23(31)14-13-21(27-30)24-22-8-4-5-15-29(22)28-25(24)20-6-2-1-3-7-20/h1-15H,17H2. The lowest BCUT2D eigenvalue weighted by Crippen LogP contribution is -2.22. The van der Waals surface area contributed by atoms with Crippen LogP contribution in [0.4, 0.5) is 0 Å². The van der Waals surface area contributed by atoms with Crippen LogP contribution in [0.15, 0.2) is 95.9 Å². The number of nitriles is 1. The third kappa shape index (κ3) is 3.49. The fourth-order valence-corrected chi connectivity index (χ4v) is 3.60. The van der Waals surface area contributed by atoms with E-state index in [0.717, 1.165) is 27.9 Å². The number of hydrogen-bond donors (Lipinski definition) is 0. The second kappa shape index (κ2) is 7.73. The van der Waals surface area contributed by atoms with E-state index in [9.17, 15) is 4.79 Å². The van der Waals surface area contributed by atoms with Gasteiger partial charge in [0.1, 0.15) is 5.69 Å². The first-order valence-corrected chi connectivity index (χ1v) is 9.83. The number of hydrogen-bond acceptors (Lipinski definition) is 4. The van der Waals surface area contributed by atoms with E-state index < -0.39 is 0 Å². The quantitative estimate of drug-likeness (QED) is 0.452. The van der Waals surface area contributed by atoms with Crippen molar-refractivity contribution in [2.45, 2.75) is 6.54 Å². The molecule has 0 atom stereocenters. The molecule has 0 fully saturated rings. The first-order chi connectivity index (χ1) is 15.2. The summed E-state index contributed by atoms with van der Waals surface area (Å²) in [4.78, 5) is 12.5. The van der Waals surface area contributed by atoms with Crippen molar-refractivity contribution >= 4 is 5.52 Å². The molecule has 0 amide bonds. The number of aromatic nitrogens is 4. The zero-order valence-electron chi connectivity index (χ0n) is 16.5. The van der Waals surface area contributed by atoms with E-state index in [4.69, 9.17) is 10.4 Å². The van der Waals surface area contributed by atoms with Gasteiger partial charge in [0.25, 0.3) is 5.56 Å². The second-order valence-electron chi connectivity index (χ2n) is 7.14. The summed E-state index contributed by atoms with van der Waals surface area (Å²) in [7, 11) is 0. The molecular weight excluding hydrogens is 386 g/mol. The summed E-state index contributed by atoms with van der Waals surface area (Å²) >= 11 is 0. The SMILES string of the molecule is N#Cc1ccc(Cn2nc(-c3c(-c4ccccc4)nn4ccccc34)ccc2=O)cc1. The van der Waals surface area contributed by atoms with Crippen LogP contribution in [0.2, 0.25) is 0 Å². The molecule has 3 heterocycles. The number of fused-ring (bicyclic) bond motifs is 1. The van der Waals surface area contributed by atoms with Crippen LogP contribution in [0.5, 0.6) is 0 Å². The molecule has 5 aromatic rings. The number of pyridine rings is 1. The molecule has 148 valence electrons. The van der Waals surface area contributed by atoms with Gasteiger partial charge in [-0.05, 0) is 35.9 Å².